The van der Waals surface area contributed by atoms with Gasteiger partial charge in [0.2, 0.25) is 0 Å². The molecule has 1 N–H and O–H groups in total. The zero-order valence-electron chi connectivity index (χ0n) is 9.87. The number of nitrogens with zero attached hydrogens (tertiary/aromatic N) is 1. The minimum Gasteiger partial charge on any atom is -0.383 e. The van der Waals surface area contributed by atoms with Gasteiger partial charge in [0.25, 0.3) is 0 Å². The molecular formula is C12H20N2OS. The van der Waals surface area contributed by atoms with Gasteiger partial charge in [-0.2, -0.15) is 0 Å². The molecule has 0 aromatic carbocycles. The largest absolute Gasteiger partial charge is 0.383 e. The van der Waals surface area contributed by atoms with E-state index in [9.17, 15) is 0 Å². The maximum Gasteiger partial charge on any atom is 0.0959 e. The average Bonchev–Trinajstić information content (AvgIpc) is 2.94. The molecule has 0 aliphatic heterocycles. The van der Waals surface area contributed by atoms with E-state index in [0.29, 0.717) is 0 Å². The van der Waals surface area contributed by atoms with E-state index in [2.05, 4.69) is 10.3 Å². The van der Waals surface area contributed by atoms with Gasteiger partial charge in [-0.05, 0) is 12.8 Å². The van der Waals surface area contributed by atoms with Crippen LogP contribution in [0, 0.1) is 0 Å². The highest BCUT2D eigenvalue weighted by Gasteiger charge is 2.19. The van der Waals surface area contributed by atoms with E-state index in [1.54, 1.807) is 7.11 Å². The van der Waals surface area contributed by atoms with Crippen LogP contribution in [-0.4, -0.2) is 25.2 Å². The Bertz CT molecular complexity index is 308. The average molecular weight is 240 g/mol. The van der Waals surface area contributed by atoms with E-state index in [4.69, 9.17) is 4.74 Å². The third-order valence-corrected chi connectivity index (χ3v) is 4.22. The highest BCUT2D eigenvalue weighted by atomic mass is 32.1. The fourth-order valence-corrected chi connectivity index (χ4v) is 3.21. The van der Waals surface area contributed by atoms with Gasteiger partial charge >= 0.3 is 0 Å². The second-order valence-electron chi connectivity index (χ2n) is 4.32. The van der Waals surface area contributed by atoms with Crippen molar-refractivity contribution in [1.29, 1.82) is 0 Å². The summed E-state index contributed by atoms with van der Waals surface area (Å²) in [6.45, 7) is 2.61. The smallest absolute Gasteiger partial charge is 0.0959 e. The molecule has 1 fully saturated rings. The lowest BCUT2D eigenvalue weighted by molar-refractivity contribution is 0.199. The molecule has 1 aromatic heterocycles. The number of ether oxygens (including phenoxy) is 1. The molecule has 0 atom stereocenters. The van der Waals surface area contributed by atoms with Crippen molar-refractivity contribution in [2.45, 2.75) is 38.1 Å². The summed E-state index contributed by atoms with van der Waals surface area (Å²) in [6, 6.07) is 0. The molecule has 90 valence electrons. The van der Waals surface area contributed by atoms with Crippen LogP contribution in [0.5, 0.6) is 0 Å². The van der Waals surface area contributed by atoms with Crippen LogP contribution in [0.4, 0.5) is 0 Å². The van der Waals surface area contributed by atoms with Crippen LogP contribution in [0.1, 0.15) is 41.5 Å². The molecule has 0 radical (unpaired) electrons. The van der Waals surface area contributed by atoms with E-state index in [1.165, 1.54) is 35.6 Å². The number of hydrogen-bond donors (Lipinski definition) is 1. The predicted molar refractivity (Wildman–Crippen MR) is 66.9 cm³/mol. The molecule has 1 aliphatic rings. The molecule has 2 rings (SSSR count). The van der Waals surface area contributed by atoms with Gasteiger partial charge in [-0.3, -0.25) is 0 Å². The maximum absolute atomic E-state index is 4.99. The van der Waals surface area contributed by atoms with E-state index in [-0.39, 0.29) is 0 Å². The summed E-state index contributed by atoms with van der Waals surface area (Å²) in [5, 5.41) is 4.70. The van der Waals surface area contributed by atoms with Gasteiger partial charge in [0.15, 0.2) is 0 Å². The Labute approximate surface area is 101 Å². The molecule has 1 heterocycles. The van der Waals surface area contributed by atoms with Gasteiger partial charge in [-0.1, -0.05) is 12.8 Å². The standard InChI is InChI=1S/C12H20N2OS/c1-15-7-6-13-8-11-9-14-12(16-11)10-4-2-3-5-10/h9-10,13H,2-8H2,1H3. The van der Waals surface area contributed by atoms with Crippen LogP contribution >= 0.6 is 11.3 Å². The Kier molecular flexibility index (Phi) is 4.75. The van der Waals surface area contributed by atoms with Crippen LogP contribution < -0.4 is 5.32 Å². The number of rotatable bonds is 6. The summed E-state index contributed by atoms with van der Waals surface area (Å²) in [6.07, 6.45) is 7.46. The zero-order valence-corrected chi connectivity index (χ0v) is 10.7. The van der Waals surface area contributed by atoms with Crippen molar-refractivity contribution in [2.24, 2.45) is 0 Å². The second kappa shape index (κ2) is 6.33. The minimum absolute atomic E-state index is 0.748. The van der Waals surface area contributed by atoms with Gasteiger partial charge in [-0.15, -0.1) is 11.3 Å². The summed E-state index contributed by atoms with van der Waals surface area (Å²) >= 11 is 1.87. The topological polar surface area (TPSA) is 34.1 Å². The summed E-state index contributed by atoms with van der Waals surface area (Å²) < 4.78 is 4.99. The van der Waals surface area contributed by atoms with Gasteiger partial charge < -0.3 is 10.1 Å². The third-order valence-electron chi connectivity index (χ3n) is 3.06. The quantitative estimate of drug-likeness (QED) is 0.776. The fourth-order valence-electron chi connectivity index (χ4n) is 2.15. The minimum atomic E-state index is 0.748. The van der Waals surface area contributed by atoms with Crippen LogP contribution in [0.3, 0.4) is 0 Å². The van der Waals surface area contributed by atoms with Crippen molar-refractivity contribution in [3.8, 4) is 0 Å². The Morgan fingerprint density at radius 2 is 2.31 bits per heavy atom. The first kappa shape index (κ1) is 12.0. The first-order valence-electron chi connectivity index (χ1n) is 6.04. The molecule has 1 saturated carbocycles. The summed E-state index contributed by atoms with van der Waals surface area (Å²) in [7, 11) is 1.73. The number of nitrogens with one attached hydrogen (secondary N) is 1. The van der Waals surface area contributed by atoms with Crippen molar-refractivity contribution in [2.75, 3.05) is 20.3 Å². The number of methoxy groups -OCH3 is 1. The van der Waals surface area contributed by atoms with Crippen molar-refractivity contribution in [1.82, 2.24) is 10.3 Å². The Morgan fingerprint density at radius 3 is 3.06 bits per heavy atom. The van der Waals surface area contributed by atoms with E-state index in [0.717, 1.165) is 25.6 Å². The lowest BCUT2D eigenvalue weighted by Crippen LogP contribution is -2.17. The molecule has 4 heteroatoms. The summed E-state index contributed by atoms with van der Waals surface area (Å²) in [5.74, 6) is 0.748. The molecule has 1 aromatic rings. The first-order chi connectivity index (χ1) is 7.90. The third kappa shape index (κ3) is 3.27. The molecule has 16 heavy (non-hydrogen) atoms. The molecular weight excluding hydrogens is 220 g/mol. The lowest BCUT2D eigenvalue weighted by atomic mass is 10.1. The Hall–Kier alpha value is -0.450. The summed E-state index contributed by atoms with van der Waals surface area (Å²) in [5.41, 5.74) is 0. The van der Waals surface area contributed by atoms with E-state index >= 15 is 0 Å². The van der Waals surface area contributed by atoms with Gasteiger partial charge in [0.1, 0.15) is 0 Å². The van der Waals surface area contributed by atoms with Gasteiger partial charge in [0, 0.05) is 37.2 Å². The van der Waals surface area contributed by atoms with Crippen LogP contribution in [0.2, 0.25) is 0 Å². The van der Waals surface area contributed by atoms with Crippen molar-refractivity contribution < 1.29 is 4.74 Å². The van der Waals surface area contributed by atoms with Crippen LogP contribution in [-0.2, 0) is 11.3 Å². The maximum atomic E-state index is 4.99. The number of hydrogen-bond acceptors (Lipinski definition) is 4. The fraction of sp³-hybridized carbons (Fsp3) is 0.750. The molecule has 1 aliphatic carbocycles. The normalized spacial score (nSPS) is 17.1. The Balaban J connectivity index is 1.77. The molecule has 0 amide bonds. The molecule has 0 spiro atoms. The Morgan fingerprint density at radius 1 is 1.50 bits per heavy atom. The van der Waals surface area contributed by atoms with Crippen LogP contribution in [0.15, 0.2) is 6.20 Å². The predicted octanol–water partition coefficient (Wildman–Crippen LogP) is 2.54. The second-order valence-corrected chi connectivity index (χ2v) is 5.46. The van der Waals surface area contributed by atoms with Gasteiger partial charge in [-0.25, -0.2) is 4.98 Å². The van der Waals surface area contributed by atoms with Gasteiger partial charge in [0.05, 0.1) is 11.6 Å². The zero-order chi connectivity index (χ0) is 11.2. The first-order valence-corrected chi connectivity index (χ1v) is 6.86. The van der Waals surface area contributed by atoms with Crippen LogP contribution in [0.25, 0.3) is 0 Å². The highest BCUT2D eigenvalue weighted by Crippen LogP contribution is 2.35. The molecule has 0 saturated heterocycles. The van der Waals surface area contributed by atoms with E-state index in [1.807, 2.05) is 17.5 Å². The molecule has 0 bridgehead atoms. The van der Waals surface area contributed by atoms with Crippen molar-refractivity contribution >= 4 is 11.3 Å². The summed E-state index contributed by atoms with van der Waals surface area (Å²) in [4.78, 5) is 5.89. The van der Waals surface area contributed by atoms with Crippen molar-refractivity contribution in [3.05, 3.63) is 16.1 Å². The lowest BCUT2D eigenvalue weighted by Gasteiger charge is -2.03. The van der Waals surface area contributed by atoms with Crippen molar-refractivity contribution in [3.63, 3.8) is 0 Å². The highest BCUT2D eigenvalue weighted by molar-refractivity contribution is 7.11. The monoisotopic (exact) mass is 240 g/mol. The molecule has 3 nitrogen and oxygen atoms in total. The SMILES string of the molecule is COCCNCc1cnc(C2CCCC2)s1. The molecule has 0 unspecified atom stereocenters. The number of aromatic nitrogens is 1. The van der Waals surface area contributed by atoms with E-state index < -0.39 is 0 Å². The number of thiazole rings is 1.